The maximum Gasteiger partial charge on any atom is 0.261 e. The Labute approximate surface area is 84.7 Å². The summed E-state index contributed by atoms with van der Waals surface area (Å²) < 4.78 is 34.5. The molecule has 0 radical (unpaired) electrons. The highest BCUT2D eigenvalue weighted by Gasteiger charge is 2.14. The molecule has 0 saturated carbocycles. The first-order valence-corrected chi connectivity index (χ1v) is 5.91. The summed E-state index contributed by atoms with van der Waals surface area (Å²) in [7, 11) is 1.13. The number of aryl methyl sites for hydroxylation is 1. The first-order chi connectivity index (χ1) is 5.82. The molecule has 0 aliphatic heterocycles. The summed E-state index contributed by atoms with van der Waals surface area (Å²) in [6.07, 6.45) is 0. The Balaban J connectivity index is 3.47. The Hall–Kier alpha value is -0.320. The highest BCUT2D eigenvalue weighted by molar-refractivity contribution is 8.13. The van der Waals surface area contributed by atoms with Crippen LogP contribution in [0.1, 0.15) is 5.56 Å². The average molecular weight is 243 g/mol. The van der Waals surface area contributed by atoms with Crippen molar-refractivity contribution in [1.29, 1.82) is 0 Å². The van der Waals surface area contributed by atoms with Crippen molar-refractivity contribution >= 4 is 31.3 Å². The first-order valence-electron chi connectivity index (χ1n) is 3.22. The van der Waals surface area contributed by atoms with Crippen LogP contribution in [-0.2, 0) is 9.05 Å². The highest BCUT2D eigenvalue weighted by Crippen LogP contribution is 2.25. The second kappa shape index (κ2) is 3.44. The monoisotopic (exact) mass is 242 g/mol. The first kappa shape index (κ1) is 10.8. The molecule has 1 rings (SSSR count). The van der Waals surface area contributed by atoms with Crippen LogP contribution in [0, 0.1) is 12.7 Å². The quantitative estimate of drug-likeness (QED) is 0.710. The van der Waals surface area contributed by atoms with E-state index in [2.05, 4.69) is 0 Å². The van der Waals surface area contributed by atoms with Gasteiger partial charge in [0.1, 0.15) is 5.82 Å². The highest BCUT2D eigenvalue weighted by atomic mass is 35.7. The molecular weight excluding hydrogens is 238 g/mol. The van der Waals surface area contributed by atoms with Gasteiger partial charge in [0.15, 0.2) is 0 Å². The zero-order valence-corrected chi connectivity index (χ0v) is 8.84. The molecule has 0 spiro atoms. The second-order valence-corrected chi connectivity index (χ2v) is 5.42. The molecule has 0 N–H and O–H groups in total. The lowest BCUT2D eigenvalue weighted by atomic mass is 10.2. The molecule has 0 fully saturated rings. The van der Waals surface area contributed by atoms with Gasteiger partial charge in [-0.15, -0.1) is 0 Å². The van der Waals surface area contributed by atoms with Crippen LogP contribution in [0.5, 0.6) is 0 Å². The zero-order chi connectivity index (χ0) is 10.2. The van der Waals surface area contributed by atoms with Gasteiger partial charge in [0, 0.05) is 10.7 Å². The van der Waals surface area contributed by atoms with Crippen molar-refractivity contribution in [3.8, 4) is 0 Å². The smallest absolute Gasteiger partial charge is 0.207 e. The SMILES string of the molecule is Cc1cc(S(=O)(=O)Cl)cc(F)c1Cl. The van der Waals surface area contributed by atoms with E-state index in [0.717, 1.165) is 6.07 Å². The van der Waals surface area contributed by atoms with Crippen LogP contribution < -0.4 is 0 Å². The number of hydrogen-bond acceptors (Lipinski definition) is 2. The minimum absolute atomic E-state index is 0.0935. The van der Waals surface area contributed by atoms with Gasteiger partial charge < -0.3 is 0 Å². The minimum atomic E-state index is -3.89. The fourth-order valence-corrected chi connectivity index (χ4v) is 1.77. The van der Waals surface area contributed by atoms with Crippen molar-refractivity contribution in [3.05, 3.63) is 28.5 Å². The van der Waals surface area contributed by atoms with Crippen LogP contribution in [0.2, 0.25) is 5.02 Å². The topological polar surface area (TPSA) is 34.1 Å². The van der Waals surface area contributed by atoms with Crippen molar-refractivity contribution in [3.63, 3.8) is 0 Å². The molecule has 13 heavy (non-hydrogen) atoms. The van der Waals surface area contributed by atoms with Crippen molar-refractivity contribution in [2.45, 2.75) is 11.8 Å². The Morgan fingerprint density at radius 2 is 1.92 bits per heavy atom. The van der Waals surface area contributed by atoms with Gasteiger partial charge in [-0.3, -0.25) is 0 Å². The van der Waals surface area contributed by atoms with E-state index in [1.54, 1.807) is 0 Å². The van der Waals surface area contributed by atoms with E-state index in [-0.39, 0.29) is 9.92 Å². The number of halogens is 3. The Morgan fingerprint density at radius 3 is 2.31 bits per heavy atom. The molecule has 0 heterocycles. The van der Waals surface area contributed by atoms with Gasteiger partial charge in [0.2, 0.25) is 0 Å². The van der Waals surface area contributed by atoms with E-state index < -0.39 is 14.9 Å². The van der Waals surface area contributed by atoms with Crippen LogP contribution in [0.15, 0.2) is 17.0 Å². The molecule has 0 unspecified atom stereocenters. The van der Waals surface area contributed by atoms with Gasteiger partial charge in [0.05, 0.1) is 9.92 Å². The predicted molar refractivity (Wildman–Crippen MR) is 49.2 cm³/mol. The Bertz CT molecular complexity index is 419. The molecule has 0 aliphatic rings. The molecule has 0 aliphatic carbocycles. The van der Waals surface area contributed by atoms with Crippen LogP contribution in [0.25, 0.3) is 0 Å². The second-order valence-electron chi connectivity index (χ2n) is 2.47. The standard InChI is InChI=1S/C7H5Cl2FO2S/c1-4-2-5(13(9,11)12)3-6(10)7(4)8/h2-3H,1H3. The van der Waals surface area contributed by atoms with Gasteiger partial charge in [-0.2, -0.15) is 0 Å². The molecule has 0 bridgehead atoms. The summed E-state index contributed by atoms with van der Waals surface area (Å²) in [4.78, 5) is -0.284. The third kappa shape index (κ3) is 2.33. The fourth-order valence-electron chi connectivity index (χ4n) is 0.836. The van der Waals surface area contributed by atoms with Crippen LogP contribution >= 0.6 is 22.3 Å². The predicted octanol–water partition coefficient (Wildman–Crippen LogP) is 2.72. The number of rotatable bonds is 1. The third-order valence-corrected chi connectivity index (χ3v) is 3.28. The third-order valence-electron chi connectivity index (χ3n) is 1.47. The Kier molecular flexibility index (Phi) is 2.85. The maximum absolute atomic E-state index is 12.9. The van der Waals surface area contributed by atoms with Gasteiger partial charge in [-0.05, 0) is 24.6 Å². The summed E-state index contributed by atoms with van der Waals surface area (Å²) in [5.41, 5.74) is 0.334. The van der Waals surface area contributed by atoms with Crippen LogP contribution in [0.4, 0.5) is 4.39 Å². The van der Waals surface area contributed by atoms with Crippen molar-refractivity contribution < 1.29 is 12.8 Å². The van der Waals surface area contributed by atoms with E-state index in [9.17, 15) is 12.8 Å². The maximum atomic E-state index is 12.9. The molecule has 1 aromatic rings. The lowest BCUT2D eigenvalue weighted by Gasteiger charge is -2.01. The number of hydrogen-bond donors (Lipinski definition) is 0. The molecule has 6 heteroatoms. The summed E-state index contributed by atoms with van der Waals surface area (Å²) >= 11 is 5.49. The fraction of sp³-hybridized carbons (Fsp3) is 0.143. The van der Waals surface area contributed by atoms with Crippen LogP contribution in [0.3, 0.4) is 0 Å². The van der Waals surface area contributed by atoms with Gasteiger partial charge >= 0.3 is 0 Å². The minimum Gasteiger partial charge on any atom is -0.207 e. The van der Waals surface area contributed by atoms with E-state index in [4.69, 9.17) is 22.3 Å². The molecule has 2 nitrogen and oxygen atoms in total. The summed E-state index contributed by atoms with van der Waals surface area (Å²) in [6.45, 7) is 1.50. The molecule has 0 aromatic heterocycles. The molecule has 1 aromatic carbocycles. The van der Waals surface area contributed by atoms with E-state index >= 15 is 0 Å². The molecule has 0 saturated heterocycles. The molecule has 72 valence electrons. The van der Waals surface area contributed by atoms with E-state index in [0.29, 0.717) is 5.56 Å². The summed E-state index contributed by atoms with van der Waals surface area (Å²) in [6, 6.07) is 2.01. The summed E-state index contributed by atoms with van der Waals surface area (Å²) in [5.74, 6) is -0.791. The number of benzene rings is 1. The lowest BCUT2D eigenvalue weighted by Crippen LogP contribution is -1.94. The Morgan fingerprint density at radius 1 is 1.38 bits per heavy atom. The zero-order valence-electron chi connectivity index (χ0n) is 6.51. The molecule has 0 atom stereocenters. The van der Waals surface area contributed by atoms with E-state index in [1.807, 2.05) is 0 Å². The van der Waals surface area contributed by atoms with Gasteiger partial charge in [-0.1, -0.05) is 11.6 Å². The van der Waals surface area contributed by atoms with Gasteiger partial charge in [-0.25, -0.2) is 12.8 Å². The normalized spacial score (nSPS) is 11.7. The van der Waals surface area contributed by atoms with Crippen LogP contribution in [-0.4, -0.2) is 8.42 Å². The average Bonchev–Trinajstić information content (AvgIpc) is 1.97. The lowest BCUT2D eigenvalue weighted by molar-refractivity contribution is 0.602. The van der Waals surface area contributed by atoms with Crippen molar-refractivity contribution in [2.75, 3.05) is 0 Å². The largest absolute Gasteiger partial charge is 0.261 e. The van der Waals surface area contributed by atoms with Crippen molar-refractivity contribution in [1.82, 2.24) is 0 Å². The van der Waals surface area contributed by atoms with E-state index in [1.165, 1.54) is 13.0 Å². The summed E-state index contributed by atoms with van der Waals surface area (Å²) in [5, 5.41) is -0.0935. The van der Waals surface area contributed by atoms with Gasteiger partial charge in [0.25, 0.3) is 9.05 Å². The molecule has 0 amide bonds. The molecular formula is C7H5Cl2FO2S. The van der Waals surface area contributed by atoms with Crippen molar-refractivity contribution in [2.24, 2.45) is 0 Å².